The molecule has 0 atom stereocenters. The lowest BCUT2D eigenvalue weighted by Gasteiger charge is -2.01. The highest BCUT2D eigenvalue weighted by Crippen LogP contribution is 2.27. The number of aromatic nitrogens is 1. The van der Waals surface area contributed by atoms with Crippen LogP contribution in [0, 0.1) is 11.3 Å². The molecule has 1 N–H and O–H groups in total. The lowest BCUT2D eigenvalue weighted by Crippen LogP contribution is -1.90. The summed E-state index contributed by atoms with van der Waals surface area (Å²) >= 11 is 8.28. The van der Waals surface area contributed by atoms with Crippen molar-refractivity contribution in [3.8, 4) is 17.3 Å². The molecule has 0 saturated carbocycles. The number of nitriles is 1. The summed E-state index contributed by atoms with van der Waals surface area (Å²) in [6.45, 7) is 0. The van der Waals surface area contributed by atoms with Crippen molar-refractivity contribution in [2.75, 3.05) is 5.32 Å². The zero-order valence-electron chi connectivity index (χ0n) is 12.3. The van der Waals surface area contributed by atoms with Gasteiger partial charge in [-0.3, -0.25) is 0 Å². The molecule has 0 saturated heterocycles. The van der Waals surface area contributed by atoms with E-state index in [1.807, 2.05) is 53.9 Å². The predicted octanol–water partition coefficient (Wildman–Crippen LogP) is 6.31. The Bertz CT molecular complexity index is 907. The molecule has 0 aliphatic rings. The Morgan fingerprint density at radius 3 is 2.29 bits per heavy atom. The smallest absolute Gasteiger partial charge is 0.136 e. The number of nitrogens with one attached hydrogen (secondary N) is 1. The molecule has 0 unspecified atom stereocenters. The molecule has 0 amide bonds. The summed E-state index contributed by atoms with van der Waals surface area (Å²) in [5.41, 5.74) is 3.31. The molecule has 2 aromatic carbocycles. The fraction of sp³-hybridized carbons (Fsp3) is 0. The highest BCUT2D eigenvalue weighted by atomic mass is 79.9. The fourth-order valence-electron chi connectivity index (χ4n) is 1.99. The van der Waals surface area contributed by atoms with Crippen LogP contribution in [0.25, 0.3) is 16.8 Å². The lowest BCUT2D eigenvalue weighted by atomic mass is 10.2. The number of nitrogens with zero attached hydrogens (tertiary/aromatic N) is 2. The summed E-state index contributed by atoms with van der Waals surface area (Å²) < 4.78 is 2.04. The SMILES string of the molecule is N#CC(=CNc1ccc(Br)cc1)c1nc(-c2ccc(Br)cc2)cs1. The van der Waals surface area contributed by atoms with Crippen molar-refractivity contribution in [3.63, 3.8) is 0 Å². The second-order valence-electron chi connectivity index (χ2n) is 4.87. The van der Waals surface area contributed by atoms with Gasteiger partial charge < -0.3 is 5.32 Å². The van der Waals surface area contributed by atoms with Crippen molar-refractivity contribution in [1.82, 2.24) is 4.98 Å². The van der Waals surface area contributed by atoms with E-state index in [1.54, 1.807) is 6.20 Å². The first-order valence-electron chi connectivity index (χ1n) is 7.00. The monoisotopic (exact) mass is 459 g/mol. The van der Waals surface area contributed by atoms with E-state index < -0.39 is 0 Å². The van der Waals surface area contributed by atoms with Gasteiger partial charge in [-0.25, -0.2) is 4.98 Å². The molecule has 0 radical (unpaired) electrons. The maximum Gasteiger partial charge on any atom is 0.136 e. The lowest BCUT2D eigenvalue weighted by molar-refractivity contribution is 1.36. The minimum Gasteiger partial charge on any atom is -0.360 e. The second-order valence-corrected chi connectivity index (χ2v) is 7.56. The third-order valence-corrected chi connectivity index (χ3v) is 5.16. The first-order valence-corrected chi connectivity index (χ1v) is 9.46. The number of anilines is 1. The van der Waals surface area contributed by atoms with Gasteiger partial charge in [0.25, 0.3) is 0 Å². The molecular formula is C18H11Br2N3S. The Morgan fingerprint density at radius 2 is 1.67 bits per heavy atom. The van der Waals surface area contributed by atoms with E-state index in [4.69, 9.17) is 0 Å². The van der Waals surface area contributed by atoms with E-state index in [1.165, 1.54) is 11.3 Å². The van der Waals surface area contributed by atoms with Gasteiger partial charge in [0.15, 0.2) is 0 Å². The van der Waals surface area contributed by atoms with Crippen molar-refractivity contribution in [2.24, 2.45) is 0 Å². The van der Waals surface area contributed by atoms with Gasteiger partial charge in [0, 0.05) is 31.8 Å². The van der Waals surface area contributed by atoms with Gasteiger partial charge in [-0.1, -0.05) is 44.0 Å². The minimum atomic E-state index is 0.506. The highest BCUT2D eigenvalue weighted by Gasteiger charge is 2.09. The van der Waals surface area contributed by atoms with Crippen LogP contribution in [0.2, 0.25) is 0 Å². The average molecular weight is 461 g/mol. The standard InChI is InChI=1S/C18H11Br2N3S/c19-14-3-1-12(2-4-14)17-11-24-18(23-17)13(9-21)10-22-16-7-5-15(20)6-8-16/h1-8,10-11,22H. The van der Waals surface area contributed by atoms with Crippen LogP contribution in [0.3, 0.4) is 0 Å². The summed E-state index contributed by atoms with van der Waals surface area (Å²) in [6, 6.07) is 17.9. The maximum absolute atomic E-state index is 9.41. The van der Waals surface area contributed by atoms with Gasteiger partial charge in [-0.15, -0.1) is 11.3 Å². The summed E-state index contributed by atoms with van der Waals surface area (Å²) in [4.78, 5) is 4.57. The number of hydrogen-bond donors (Lipinski definition) is 1. The molecule has 0 spiro atoms. The van der Waals surface area contributed by atoms with Crippen LogP contribution in [-0.2, 0) is 0 Å². The third-order valence-electron chi connectivity index (χ3n) is 3.22. The molecule has 3 rings (SSSR count). The van der Waals surface area contributed by atoms with Gasteiger partial charge in [-0.05, 0) is 36.4 Å². The first kappa shape index (κ1) is 16.9. The number of allylic oxidation sites excluding steroid dienone is 1. The summed E-state index contributed by atoms with van der Waals surface area (Å²) in [6.07, 6.45) is 1.69. The van der Waals surface area contributed by atoms with E-state index in [0.717, 1.165) is 25.9 Å². The number of rotatable bonds is 4. The molecular weight excluding hydrogens is 450 g/mol. The molecule has 1 heterocycles. The zero-order valence-corrected chi connectivity index (χ0v) is 16.3. The normalized spacial score (nSPS) is 11.1. The third kappa shape index (κ3) is 4.12. The molecule has 1 aromatic heterocycles. The van der Waals surface area contributed by atoms with E-state index in [0.29, 0.717) is 10.6 Å². The van der Waals surface area contributed by atoms with Gasteiger partial charge in [0.1, 0.15) is 16.6 Å². The molecule has 3 nitrogen and oxygen atoms in total. The van der Waals surface area contributed by atoms with Crippen LogP contribution < -0.4 is 5.32 Å². The highest BCUT2D eigenvalue weighted by molar-refractivity contribution is 9.10. The topological polar surface area (TPSA) is 48.7 Å². The van der Waals surface area contributed by atoms with Crippen LogP contribution in [0.1, 0.15) is 5.01 Å². The van der Waals surface area contributed by atoms with Crippen LogP contribution in [0.5, 0.6) is 0 Å². The molecule has 3 aromatic rings. The number of halogens is 2. The fourth-order valence-corrected chi connectivity index (χ4v) is 3.32. The molecule has 0 aliphatic heterocycles. The Labute approximate surface area is 160 Å². The van der Waals surface area contributed by atoms with Crippen LogP contribution >= 0.6 is 43.2 Å². The minimum absolute atomic E-state index is 0.506. The number of benzene rings is 2. The van der Waals surface area contributed by atoms with Gasteiger partial charge >= 0.3 is 0 Å². The van der Waals surface area contributed by atoms with Gasteiger partial charge in [0.05, 0.1) is 5.69 Å². The van der Waals surface area contributed by atoms with E-state index in [2.05, 4.69) is 48.2 Å². The molecule has 118 valence electrons. The average Bonchev–Trinajstić information content (AvgIpc) is 3.08. The maximum atomic E-state index is 9.41. The molecule has 0 bridgehead atoms. The van der Waals surface area contributed by atoms with E-state index in [-0.39, 0.29) is 0 Å². The largest absolute Gasteiger partial charge is 0.360 e. The predicted molar refractivity (Wildman–Crippen MR) is 107 cm³/mol. The quantitative estimate of drug-likeness (QED) is 0.464. The van der Waals surface area contributed by atoms with Crippen LogP contribution in [0.15, 0.2) is 69.1 Å². The molecule has 6 heteroatoms. The van der Waals surface area contributed by atoms with Crippen molar-refractivity contribution in [1.29, 1.82) is 5.26 Å². The molecule has 24 heavy (non-hydrogen) atoms. The first-order chi connectivity index (χ1) is 11.7. The summed E-state index contributed by atoms with van der Waals surface area (Å²) in [5, 5.41) is 15.2. The summed E-state index contributed by atoms with van der Waals surface area (Å²) in [5.74, 6) is 0. The summed E-state index contributed by atoms with van der Waals surface area (Å²) in [7, 11) is 0. The van der Waals surface area contributed by atoms with E-state index in [9.17, 15) is 5.26 Å². The zero-order chi connectivity index (χ0) is 16.9. The Morgan fingerprint density at radius 1 is 1.04 bits per heavy atom. The Hall–Kier alpha value is -1.94. The van der Waals surface area contributed by atoms with Crippen molar-refractivity contribution in [3.05, 3.63) is 74.1 Å². The van der Waals surface area contributed by atoms with Crippen molar-refractivity contribution in [2.45, 2.75) is 0 Å². The van der Waals surface area contributed by atoms with Gasteiger partial charge in [-0.2, -0.15) is 5.26 Å². The molecule has 0 fully saturated rings. The Balaban J connectivity index is 1.81. The van der Waals surface area contributed by atoms with Gasteiger partial charge in [0.2, 0.25) is 0 Å². The van der Waals surface area contributed by atoms with Crippen molar-refractivity contribution >= 4 is 54.5 Å². The van der Waals surface area contributed by atoms with Crippen LogP contribution in [-0.4, -0.2) is 4.98 Å². The van der Waals surface area contributed by atoms with E-state index >= 15 is 0 Å². The Kier molecular flexibility index (Phi) is 5.46. The molecule has 0 aliphatic carbocycles. The van der Waals surface area contributed by atoms with Crippen molar-refractivity contribution < 1.29 is 0 Å². The number of thiazole rings is 1. The second kappa shape index (κ2) is 7.75. The van der Waals surface area contributed by atoms with Crippen LogP contribution in [0.4, 0.5) is 5.69 Å². The number of hydrogen-bond acceptors (Lipinski definition) is 4.